The van der Waals surface area contributed by atoms with Gasteiger partial charge in [-0.3, -0.25) is 37.3 Å². The van der Waals surface area contributed by atoms with Crippen LogP contribution in [0.3, 0.4) is 0 Å². The van der Waals surface area contributed by atoms with Crippen LogP contribution in [0.15, 0.2) is 182 Å². The van der Waals surface area contributed by atoms with E-state index in [4.69, 9.17) is 37.0 Å². The molecule has 0 aromatic heterocycles. The third kappa shape index (κ3) is 78.3. The molecular weight excluding hydrogens is 1400 g/mol. The molecule has 2 unspecified atom stereocenters. The molecule has 0 amide bonds. The van der Waals surface area contributed by atoms with Gasteiger partial charge in [-0.15, -0.1) is 0 Å². The zero-order valence-electron chi connectivity index (χ0n) is 66.9. The molecule has 17 nitrogen and oxygen atoms in total. The molecule has 0 saturated carbocycles. The van der Waals surface area contributed by atoms with Gasteiger partial charge in [0.1, 0.15) is 19.3 Å². The molecule has 0 heterocycles. The number of allylic oxidation sites excluding steroid dienone is 30. The molecule has 108 heavy (non-hydrogen) atoms. The lowest BCUT2D eigenvalue weighted by molar-refractivity contribution is -0.161. The van der Waals surface area contributed by atoms with Gasteiger partial charge in [0.25, 0.3) is 0 Å². The number of aliphatic hydroxyl groups is 1. The fourth-order valence-corrected chi connectivity index (χ4v) is 11.7. The van der Waals surface area contributed by atoms with E-state index in [0.29, 0.717) is 38.5 Å². The second kappa shape index (κ2) is 79.3. The minimum atomic E-state index is -5.02. The third-order valence-corrected chi connectivity index (χ3v) is 18.2. The van der Waals surface area contributed by atoms with Crippen molar-refractivity contribution in [3.63, 3.8) is 0 Å². The van der Waals surface area contributed by atoms with Crippen molar-refractivity contribution in [2.24, 2.45) is 0 Å². The van der Waals surface area contributed by atoms with Crippen molar-refractivity contribution in [3.8, 4) is 0 Å². The molecule has 0 aromatic carbocycles. The van der Waals surface area contributed by atoms with Gasteiger partial charge in [0.2, 0.25) is 0 Å². The Balaban J connectivity index is 5.54. The minimum Gasteiger partial charge on any atom is -0.462 e. The maximum absolute atomic E-state index is 13.1. The smallest absolute Gasteiger partial charge is 0.462 e. The van der Waals surface area contributed by atoms with Crippen LogP contribution < -0.4 is 0 Å². The lowest BCUT2D eigenvalue weighted by atomic mass is 10.1. The number of ether oxygens (including phenoxy) is 4. The average Bonchev–Trinajstić information content (AvgIpc) is 0.907. The van der Waals surface area contributed by atoms with E-state index in [1.807, 2.05) is 24.3 Å². The molecule has 19 heteroatoms. The Morgan fingerprint density at radius 3 is 0.778 bits per heavy atom. The highest BCUT2D eigenvalue weighted by Gasteiger charge is 2.30. The first-order valence-electron chi connectivity index (χ1n) is 41.0. The minimum absolute atomic E-state index is 0.0353. The van der Waals surface area contributed by atoms with E-state index in [0.717, 1.165) is 148 Å². The number of esters is 4. The van der Waals surface area contributed by atoms with Gasteiger partial charge in [-0.05, 0) is 180 Å². The van der Waals surface area contributed by atoms with Crippen LogP contribution in [0.1, 0.15) is 297 Å². The topological polar surface area (TPSA) is 237 Å². The highest BCUT2D eigenvalue weighted by atomic mass is 31.2. The first kappa shape index (κ1) is 102. The zero-order chi connectivity index (χ0) is 78.9. The largest absolute Gasteiger partial charge is 0.472 e. The second-order valence-electron chi connectivity index (χ2n) is 26.6. The predicted octanol–water partition coefficient (Wildman–Crippen LogP) is 24.3. The van der Waals surface area contributed by atoms with E-state index >= 15 is 0 Å². The Bertz CT molecular complexity index is 2760. The molecule has 3 N–H and O–H groups in total. The lowest BCUT2D eigenvalue weighted by Gasteiger charge is -2.21. The Morgan fingerprint density at radius 2 is 0.491 bits per heavy atom. The van der Waals surface area contributed by atoms with Gasteiger partial charge in [-0.25, -0.2) is 9.13 Å². The van der Waals surface area contributed by atoms with Crippen LogP contribution in [0.25, 0.3) is 0 Å². The number of rotatable bonds is 75. The third-order valence-electron chi connectivity index (χ3n) is 16.3. The lowest BCUT2D eigenvalue weighted by Crippen LogP contribution is -2.30. The van der Waals surface area contributed by atoms with Crippen molar-refractivity contribution in [1.82, 2.24) is 0 Å². The standard InChI is InChI=1S/C89H144O17P2/c1-5-9-13-17-21-25-29-33-37-40-41-44-48-52-56-60-64-68-72-76-89(94)106-85(80-100-87(92)74-70-66-62-58-54-50-47-43-39-35-31-27-23-19-15-11-7-3)82-104-108(97,98)102-78-83(90)77-101-107(95,96)103-81-84(105-88(93)75-71-67-63-59-55-51-45-36-32-28-24-20-16-12-8-4)79-99-86(91)73-69-65-61-57-53-49-46-42-38-34-30-26-22-18-14-10-6-2/h9,13,21-28,33-39,41,44-47,49-50,52,56-58,61-62,83-85,90H,5-8,10-12,14-20,29-32,40,42-43,48,51,53-55,59-60,63-82H2,1-4H3,(H,95,96)(H,97,98)/b13-9-,25-21-,26-22-,27-23-,28-24-,37-33-,38-34-,39-35-,44-41-,45-36-,49-46-,50-47-,56-52-,61-57-,62-58-/t83-,84+,85+/m0/s1. The SMILES string of the molecule is CC/C=C\C/C=C\C/C=C\C/C=C\C/C=C\CCCCCC(=O)O[C@H](COC(=O)CCC/C=C\C/C=C\C/C=C\C/C=C\CCCCC)COP(=O)(O)OC[C@@H](O)COP(=O)(O)OC[C@@H](COC(=O)CCC/C=C\C/C=C\C/C=C\C/C=C\CCCCC)OC(=O)CCCCCCC/C=C\C/C=C\CCCCC. The van der Waals surface area contributed by atoms with Gasteiger partial charge in [0.15, 0.2) is 12.2 Å². The summed E-state index contributed by atoms with van der Waals surface area (Å²) in [7, 11) is -10.0. The Morgan fingerprint density at radius 1 is 0.269 bits per heavy atom. The number of hydrogen-bond acceptors (Lipinski definition) is 15. The Hall–Kier alpha value is -5.84. The van der Waals surface area contributed by atoms with E-state index in [1.54, 1.807) is 0 Å². The molecule has 0 aliphatic carbocycles. The van der Waals surface area contributed by atoms with Gasteiger partial charge in [0.05, 0.1) is 26.4 Å². The number of hydrogen-bond donors (Lipinski definition) is 3. The van der Waals surface area contributed by atoms with Crippen LogP contribution in [-0.2, 0) is 65.4 Å². The van der Waals surface area contributed by atoms with Crippen LogP contribution in [0.2, 0.25) is 0 Å². The highest BCUT2D eigenvalue weighted by molar-refractivity contribution is 7.47. The van der Waals surface area contributed by atoms with E-state index in [-0.39, 0.29) is 25.7 Å². The molecule has 0 saturated heterocycles. The predicted molar refractivity (Wildman–Crippen MR) is 445 cm³/mol. The number of phosphoric ester groups is 2. The number of carbonyl (C=O) groups excluding carboxylic acids is 4. The summed E-state index contributed by atoms with van der Waals surface area (Å²) in [5.74, 6) is -2.37. The van der Waals surface area contributed by atoms with Crippen molar-refractivity contribution in [3.05, 3.63) is 182 Å². The zero-order valence-corrected chi connectivity index (χ0v) is 68.7. The second-order valence-corrected chi connectivity index (χ2v) is 29.5. The maximum Gasteiger partial charge on any atom is 0.472 e. The highest BCUT2D eigenvalue weighted by Crippen LogP contribution is 2.45. The summed E-state index contributed by atoms with van der Waals surface area (Å²) in [6.45, 7) is 4.48. The van der Waals surface area contributed by atoms with Crippen molar-refractivity contribution in [2.75, 3.05) is 39.6 Å². The van der Waals surface area contributed by atoms with Gasteiger partial charge in [-0.2, -0.15) is 0 Å². The number of aliphatic hydroxyl groups excluding tert-OH is 1. The van der Waals surface area contributed by atoms with E-state index < -0.39 is 97.5 Å². The molecule has 0 bridgehead atoms. The molecule has 0 aliphatic rings. The Kier molecular flexibility index (Phi) is 75.0. The molecule has 0 aliphatic heterocycles. The fourth-order valence-electron chi connectivity index (χ4n) is 10.1. The molecule has 0 aromatic rings. The van der Waals surface area contributed by atoms with Gasteiger partial charge < -0.3 is 33.8 Å². The van der Waals surface area contributed by atoms with Crippen molar-refractivity contribution in [1.29, 1.82) is 0 Å². The van der Waals surface area contributed by atoms with Crippen molar-refractivity contribution < 1.29 is 80.2 Å². The first-order valence-corrected chi connectivity index (χ1v) is 44.0. The van der Waals surface area contributed by atoms with Gasteiger partial charge in [0, 0.05) is 25.7 Å². The normalized spacial score (nSPS) is 14.8. The molecule has 5 atom stereocenters. The maximum atomic E-state index is 13.1. The summed E-state index contributed by atoms with van der Waals surface area (Å²) in [5, 5.41) is 10.7. The van der Waals surface area contributed by atoms with Gasteiger partial charge in [-0.1, -0.05) is 274 Å². The average molecular weight is 1550 g/mol. The van der Waals surface area contributed by atoms with E-state index in [9.17, 15) is 43.2 Å². The van der Waals surface area contributed by atoms with Crippen LogP contribution in [0.4, 0.5) is 0 Å². The summed E-state index contributed by atoms with van der Waals surface area (Å²) in [6, 6.07) is 0. The first-order chi connectivity index (χ1) is 52.7. The monoisotopic (exact) mass is 1550 g/mol. The van der Waals surface area contributed by atoms with E-state index in [1.165, 1.54) is 57.8 Å². The van der Waals surface area contributed by atoms with Crippen LogP contribution in [0.5, 0.6) is 0 Å². The molecule has 612 valence electrons. The number of phosphoric acid groups is 2. The summed E-state index contributed by atoms with van der Waals surface area (Å²) in [6.07, 6.45) is 95.9. The quantitative estimate of drug-likeness (QED) is 0.0169. The summed E-state index contributed by atoms with van der Waals surface area (Å²) < 4.78 is 68.5. The number of carbonyl (C=O) groups is 4. The molecule has 0 fully saturated rings. The van der Waals surface area contributed by atoms with Crippen molar-refractivity contribution in [2.45, 2.75) is 316 Å². The van der Waals surface area contributed by atoms with Crippen LogP contribution >= 0.6 is 15.6 Å². The number of unbranched alkanes of at least 4 members (excludes halogenated alkanes) is 19. The summed E-state index contributed by atoms with van der Waals surface area (Å²) in [5.41, 5.74) is 0. The Labute approximate surface area is 654 Å². The van der Waals surface area contributed by atoms with Gasteiger partial charge >= 0.3 is 39.5 Å². The van der Waals surface area contributed by atoms with Crippen molar-refractivity contribution >= 4 is 39.5 Å². The molecular formula is C89H144O17P2. The molecule has 0 spiro atoms. The van der Waals surface area contributed by atoms with Crippen LogP contribution in [0, 0.1) is 0 Å². The van der Waals surface area contributed by atoms with Crippen LogP contribution in [-0.4, -0.2) is 96.7 Å². The molecule has 0 radical (unpaired) electrons. The van der Waals surface area contributed by atoms with E-state index in [2.05, 4.69) is 186 Å². The summed E-state index contributed by atoms with van der Waals surface area (Å²) >= 11 is 0. The fraction of sp³-hybridized carbons (Fsp3) is 0.618. The molecule has 0 rings (SSSR count). The summed E-state index contributed by atoms with van der Waals surface area (Å²) in [4.78, 5) is 73.1.